The molecule has 2 aromatic carbocycles. The summed E-state index contributed by atoms with van der Waals surface area (Å²) in [5.41, 5.74) is 3.52. The standard InChI is InChI=1S/C14H11NS/c1-2-10-7-8-12-14(9-10)16-13-6-4-3-5-11(13)15-12/h2-9,15H,1H2. The highest BCUT2D eigenvalue weighted by Gasteiger charge is 2.14. The van der Waals surface area contributed by atoms with Gasteiger partial charge in [-0.25, -0.2) is 0 Å². The number of para-hydroxylation sites is 1. The van der Waals surface area contributed by atoms with E-state index in [1.54, 1.807) is 11.8 Å². The van der Waals surface area contributed by atoms with E-state index >= 15 is 0 Å². The summed E-state index contributed by atoms with van der Waals surface area (Å²) in [6, 6.07) is 14.7. The van der Waals surface area contributed by atoms with Crippen LogP contribution in [-0.2, 0) is 0 Å². The molecule has 1 aliphatic rings. The third kappa shape index (κ3) is 1.51. The maximum Gasteiger partial charge on any atom is 0.0526 e. The Morgan fingerprint density at radius 2 is 1.81 bits per heavy atom. The van der Waals surface area contributed by atoms with Crippen LogP contribution in [0.25, 0.3) is 6.08 Å². The van der Waals surface area contributed by atoms with Crippen molar-refractivity contribution in [3.8, 4) is 0 Å². The molecule has 1 nitrogen and oxygen atoms in total. The van der Waals surface area contributed by atoms with E-state index in [1.165, 1.54) is 21.2 Å². The molecule has 0 radical (unpaired) electrons. The summed E-state index contributed by atoms with van der Waals surface area (Å²) in [5, 5.41) is 3.44. The Kier molecular flexibility index (Phi) is 2.22. The topological polar surface area (TPSA) is 12.0 Å². The van der Waals surface area contributed by atoms with Crippen LogP contribution in [-0.4, -0.2) is 0 Å². The van der Waals surface area contributed by atoms with E-state index in [4.69, 9.17) is 0 Å². The Hall–Kier alpha value is -1.67. The molecule has 0 aromatic heterocycles. The van der Waals surface area contributed by atoms with Crippen molar-refractivity contribution < 1.29 is 0 Å². The van der Waals surface area contributed by atoms with E-state index in [2.05, 4.69) is 54.4 Å². The average Bonchev–Trinajstić information content (AvgIpc) is 2.35. The number of rotatable bonds is 1. The predicted octanol–water partition coefficient (Wildman–Crippen LogP) is 4.54. The lowest BCUT2D eigenvalue weighted by Crippen LogP contribution is -1.99. The van der Waals surface area contributed by atoms with E-state index in [-0.39, 0.29) is 0 Å². The van der Waals surface area contributed by atoms with Gasteiger partial charge in [0.05, 0.1) is 11.4 Å². The third-order valence-electron chi connectivity index (χ3n) is 2.62. The first-order valence-electron chi connectivity index (χ1n) is 5.17. The van der Waals surface area contributed by atoms with E-state index < -0.39 is 0 Å². The first kappa shape index (κ1) is 9.55. The van der Waals surface area contributed by atoms with E-state index in [0.29, 0.717) is 0 Å². The zero-order valence-corrected chi connectivity index (χ0v) is 9.55. The first-order chi connectivity index (χ1) is 7.86. The second kappa shape index (κ2) is 3.72. The zero-order valence-electron chi connectivity index (χ0n) is 8.73. The number of benzene rings is 2. The molecule has 0 saturated carbocycles. The van der Waals surface area contributed by atoms with Crippen molar-refractivity contribution in [1.29, 1.82) is 0 Å². The van der Waals surface area contributed by atoms with Gasteiger partial charge in [0.25, 0.3) is 0 Å². The number of nitrogens with one attached hydrogen (secondary N) is 1. The van der Waals surface area contributed by atoms with Crippen LogP contribution >= 0.6 is 11.8 Å². The average molecular weight is 225 g/mol. The molecule has 0 bridgehead atoms. The fraction of sp³-hybridized carbons (Fsp3) is 0. The van der Waals surface area contributed by atoms with E-state index in [0.717, 1.165) is 5.56 Å². The molecule has 0 saturated heterocycles. The lowest BCUT2D eigenvalue weighted by Gasteiger charge is -2.20. The number of hydrogen-bond acceptors (Lipinski definition) is 2. The van der Waals surface area contributed by atoms with Gasteiger partial charge in [-0.05, 0) is 29.8 Å². The molecule has 0 atom stereocenters. The van der Waals surface area contributed by atoms with E-state index in [9.17, 15) is 0 Å². The summed E-state index contributed by atoms with van der Waals surface area (Å²) in [7, 11) is 0. The molecule has 0 spiro atoms. The Bertz CT molecular complexity index is 560. The van der Waals surface area contributed by atoms with Gasteiger partial charge in [0.2, 0.25) is 0 Å². The summed E-state index contributed by atoms with van der Waals surface area (Å²) in [6.45, 7) is 3.79. The largest absolute Gasteiger partial charge is 0.354 e. The molecule has 0 aliphatic carbocycles. The van der Waals surface area contributed by atoms with Crippen LogP contribution in [0.1, 0.15) is 5.56 Å². The quantitative estimate of drug-likeness (QED) is 0.652. The van der Waals surface area contributed by atoms with Gasteiger partial charge in [-0.15, -0.1) is 0 Å². The van der Waals surface area contributed by atoms with Gasteiger partial charge in [-0.2, -0.15) is 0 Å². The van der Waals surface area contributed by atoms with Gasteiger partial charge in [0.15, 0.2) is 0 Å². The van der Waals surface area contributed by atoms with E-state index in [1.807, 2.05) is 6.08 Å². The maximum atomic E-state index is 3.79. The van der Waals surface area contributed by atoms with Crippen molar-refractivity contribution in [1.82, 2.24) is 0 Å². The molecule has 0 fully saturated rings. The maximum absolute atomic E-state index is 3.79. The molecular formula is C14H11NS. The van der Waals surface area contributed by atoms with Crippen LogP contribution < -0.4 is 5.32 Å². The molecule has 0 amide bonds. The van der Waals surface area contributed by atoms with Crippen molar-refractivity contribution in [3.05, 3.63) is 54.6 Å². The fourth-order valence-corrected chi connectivity index (χ4v) is 2.81. The van der Waals surface area contributed by atoms with Crippen molar-refractivity contribution >= 4 is 29.2 Å². The summed E-state index contributed by atoms with van der Waals surface area (Å²) in [6.07, 6.45) is 1.88. The Morgan fingerprint density at radius 1 is 1.00 bits per heavy atom. The van der Waals surface area contributed by atoms with Crippen LogP contribution in [0.4, 0.5) is 11.4 Å². The van der Waals surface area contributed by atoms with Gasteiger partial charge in [0, 0.05) is 9.79 Å². The van der Waals surface area contributed by atoms with Gasteiger partial charge in [-0.3, -0.25) is 0 Å². The SMILES string of the molecule is C=Cc1ccc2c(c1)Sc1ccccc1N2. The van der Waals surface area contributed by atoms with Gasteiger partial charge in [-0.1, -0.05) is 42.6 Å². The highest BCUT2D eigenvalue weighted by atomic mass is 32.2. The Labute approximate surface area is 99.2 Å². The smallest absolute Gasteiger partial charge is 0.0526 e. The second-order valence-electron chi connectivity index (χ2n) is 3.68. The molecule has 2 aromatic rings. The number of anilines is 2. The van der Waals surface area contributed by atoms with Crippen molar-refractivity contribution in [3.63, 3.8) is 0 Å². The predicted molar refractivity (Wildman–Crippen MR) is 70.4 cm³/mol. The lowest BCUT2D eigenvalue weighted by molar-refractivity contribution is 1.31. The normalized spacial score (nSPS) is 12.2. The first-order valence-corrected chi connectivity index (χ1v) is 5.99. The summed E-state index contributed by atoms with van der Waals surface area (Å²) < 4.78 is 0. The second-order valence-corrected chi connectivity index (χ2v) is 4.77. The van der Waals surface area contributed by atoms with Crippen LogP contribution in [0.15, 0.2) is 58.8 Å². The summed E-state index contributed by atoms with van der Waals surface area (Å²) in [4.78, 5) is 2.53. The Balaban J connectivity index is 2.08. The van der Waals surface area contributed by atoms with Crippen LogP contribution in [0.3, 0.4) is 0 Å². The highest BCUT2D eigenvalue weighted by molar-refractivity contribution is 7.99. The summed E-state index contributed by atoms with van der Waals surface area (Å²) >= 11 is 1.80. The van der Waals surface area contributed by atoms with Crippen LogP contribution in [0.2, 0.25) is 0 Å². The van der Waals surface area contributed by atoms with Crippen molar-refractivity contribution in [2.45, 2.75) is 9.79 Å². The molecule has 1 heterocycles. The number of fused-ring (bicyclic) bond motifs is 2. The summed E-state index contributed by atoms with van der Waals surface area (Å²) in [5.74, 6) is 0. The molecule has 3 rings (SSSR count). The minimum absolute atomic E-state index is 1.16. The molecular weight excluding hydrogens is 214 g/mol. The minimum Gasteiger partial charge on any atom is -0.354 e. The van der Waals surface area contributed by atoms with Crippen molar-refractivity contribution in [2.75, 3.05) is 5.32 Å². The monoisotopic (exact) mass is 225 g/mol. The molecule has 2 heteroatoms. The highest BCUT2D eigenvalue weighted by Crippen LogP contribution is 2.44. The molecule has 1 aliphatic heterocycles. The van der Waals surface area contributed by atoms with Gasteiger partial charge < -0.3 is 5.32 Å². The molecule has 16 heavy (non-hydrogen) atoms. The van der Waals surface area contributed by atoms with Gasteiger partial charge >= 0.3 is 0 Å². The number of hydrogen-bond donors (Lipinski definition) is 1. The van der Waals surface area contributed by atoms with Crippen molar-refractivity contribution in [2.24, 2.45) is 0 Å². The minimum atomic E-state index is 1.16. The molecule has 1 N–H and O–H groups in total. The van der Waals surface area contributed by atoms with Crippen LogP contribution in [0, 0.1) is 0 Å². The third-order valence-corrected chi connectivity index (χ3v) is 3.75. The fourth-order valence-electron chi connectivity index (χ4n) is 1.78. The Morgan fingerprint density at radius 3 is 2.69 bits per heavy atom. The van der Waals surface area contributed by atoms with Crippen LogP contribution in [0.5, 0.6) is 0 Å². The molecule has 78 valence electrons. The lowest BCUT2D eigenvalue weighted by atomic mass is 10.2. The molecule has 0 unspecified atom stereocenters. The zero-order chi connectivity index (χ0) is 11.0. The van der Waals surface area contributed by atoms with Gasteiger partial charge in [0.1, 0.15) is 0 Å².